The minimum Gasteiger partial charge on any atom is -0.198 e. The summed E-state index contributed by atoms with van der Waals surface area (Å²) in [6.45, 7) is 6.75. The molecule has 20 heavy (non-hydrogen) atoms. The fourth-order valence-corrected chi connectivity index (χ4v) is 4.08. The zero-order valence-corrected chi connectivity index (χ0v) is 13.3. The quantitative estimate of drug-likeness (QED) is 0.650. The fraction of sp³-hybridized carbons (Fsp3) is 0.889. The lowest BCUT2D eigenvalue weighted by Crippen LogP contribution is -2.37. The van der Waals surface area contributed by atoms with Crippen molar-refractivity contribution in [2.24, 2.45) is 28.6 Å². The molecule has 0 saturated heterocycles. The monoisotopic (exact) mass is 272 g/mol. The Morgan fingerprint density at radius 2 is 1.65 bits per heavy atom. The number of rotatable bonds is 7. The van der Waals surface area contributed by atoms with Gasteiger partial charge in [0.1, 0.15) is 0 Å². The van der Waals surface area contributed by atoms with Crippen molar-refractivity contribution in [2.45, 2.75) is 72.1 Å². The van der Waals surface area contributed by atoms with Gasteiger partial charge >= 0.3 is 0 Å². The summed E-state index contributed by atoms with van der Waals surface area (Å²) >= 11 is 0. The third-order valence-electron chi connectivity index (χ3n) is 5.34. The van der Waals surface area contributed by atoms with Gasteiger partial charge in [0.25, 0.3) is 0 Å². The molecule has 0 amide bonds. The predicted octanol–water partition coefficient (Wildman–Crippen LogP) is 5.06. The Hall–Kier alpha value is -1.02. The van der Waals surface area contributed by atoms with Crippen molar-refractivity contribution >= 4 is 0 Å². The molecule has 1 atom stereocenters. The molecule has 0 radical (unpaired) electrons. The second-order valence-corrected chi connectivity index (χ2v) is 8.04. The Bertz CT molecular complexity index is 414. The van der Waals surface area contributed by atoms with Crippen LogP contribution in [0.2, 0.25) is 0 Å². The molecular formula is C18H28N2. The Morgan fingerprint density at radius 3 is 2.10 bits per heavy atom. The van der Waals surface area contributed by atoms with Crippen molar-refractivity contribution in [3.63, 3.8) is 0 Å². The van der Waals surface area contributed by atoms with Crippen molar-refractivity contribution in [1.29, 1.82) is 10.5 Å². The van der Waals surface area contributed by atoms with Crippen molar-refractivity contribution in [3.8, 4) is 12.1 Å². The molecule has 0 aromatic heterocycles. The molecule has 0 spiro atoms. The molecule has 0 heterocycles. The molecule has 2 heteroatoms. The Morgan fingerprint density at radius 1 is 1.05 bits per heavy atom. The molecule has 110 valence electrons. The topological polar surface area (TPSA) is 47.6 Å². The first-order chi connectivity index (χ1) is 9.42. The highest BCUT2D eigenvalue weighted by molar-refractivity contribution is 5.10. The predicted molar refractivity (Wildman–Crippen MR) is 80.5 cm³/mol. The minimum atomic E-state index is -0.0110. The zero-order valence-electron chi connectivity index (χ0n) is 13.3. The molecule has 0 aliphatic heterocycles. The van der Waals surface area contributed by atoms with E-state index < -0.39 is 0 Å². The fourth-order valence-electron chi connectivity index (χ4n) is 4.08. The summed E-state index contributed by atoms with van der Waals surface area (Å²) in [6.07, 6.45) is 9.04. The van der Waals surface area contributed by atoms with Gasteiger partial charge in [-0.25, -0.2) is 0 Å². The Balaban J connectivity index is 1.69. The van der Waals surface area contributed by atoms with Gasteiger partial charge < -0.3 is 0 Å². The van der Waals surface area contributed by atoms with Crippen molar-refractivity contribution in [2.75, 3.05) is 0 Å². The van der Waals surface area contributed by atoms with Crippen LogP contribution in [0.15, 0.2) is 0 Å². The van der Waals surface area contributed by atoms with Crippen LogP contribution in [0.1, 0.15) is 72.1 Å². The first-order valence-corrected chi connectivity index (χ1v) is 8.25. The molecule has 0 aromatic carbocycles. The molecule has 2 nitrogen and oxygen atoms in total. The van der Waals surface area contributed by atoms with Gasteiger partial charge in [0.05, 0.1) is 23.0 Å². The second kappa shape index (κ2) is 5.77. The smallest absolute Gasteiger partial charge is 0.0690 e. The molecule has 0 bridgehead atoms. The van der Waals surface area contributed by atoms with Crippen molar-refractivity contribution in [1.82, 2.24) is 0 Å². The average molecular weight is 272 g/mol. The van der Waals surface area contributed by atoms with Gasteiger partial charge in [-0.2, -0.15) is 10.5 Å². The lowest BCUT2D eigenvalue weighted by Gasteiger charge is -2.44. The molecule has 2 aliphatic carbocycles. The van der Waals surface area contributed by atoms with E-state index in [1.54, 1.807) is 0 Å². The van der Waals surface area contributed by atoms with Gasteiger partial charge in [0, 0.05) is 0 Å². The molecule has 2 aliphatic rings. The highest BCUT2D eigenvalue weighted by Crippen LogP contribution is 2.53. The van der Waals surface area contributed by atoms with Crippen LogP contribution in [0.4, 0.5) is 0 Å². The maximum atomic E-state index is 9.40. The highest BCUT2D eigenvalue weighted by atomic mass is 14.5. The molecular weight excluding hydrogens is 244 g/mol. The largest absolute Gasteiger partial charge is 0.198 e. The molecule has 1 unspecified atom stereocenters. The lowest BCUT2D eigenvalue weighted by atomic mass is 9.58. The third-order valence-corrected chi connectivity index (χ3v) is 5.34. The van der Waals surface area contributed by atoms with Gasteiger partial charge in [-0.05, 0) is 69.1 Å². The van der Waals surface area contributed by atoms with E-state index in [1.165, 1.54) is 12.8 Å². The molecule has 2 saturated carbocycles. The number of nitriles is 2. The summed E-state index contributed by atoms with van der Waals surface area (Å²) in [5.41, 5.74) is 0.0465. The van der Waals surface area contributed by atoms with E-state index in [9.17, 15) is 5.26 Å². The van der Waals surface area contributed by atoms with E-state index in [0.717, 1.165) is 44.4 Å². The molecule has 0 aromatic rings. The Kier molecular flexibility index (Phi) is 4.43. The van der Waals surface area contributed by atoms with Crippen LogP contribution in [0.3, 0.4) is 0 Å². The SMILES string of the molecule is CC(C)CC1(C#N)CC(CC(C)CCC2(C#N)CC2)C1. The van der Waals surface area contributed by atoms with E-state index in [-0.39, 0.29) is 10.8 Å². The lowest BCUT2D eigenvalue weighted by molar-refractivity contribution is 0.0719. The summed E-state index contributed by atoms with van der Waals surface area (Å²) in [6, 6.07) is 5.07. The van der Waals surface area contributed by atoms with Crippen LogP contribution in [0.5, 0.6) is 0 Å². The average Bonchev–Trinajstić information content (AvgIpc) is 3.13. The second-order valence-electron chi connectivity index (χ2n) is 8.04. The van der Waals surface area contributed by atoms with E-state index in [1.807, 2.05) is 0 Å². The van der Waals surface area contributed by atoms with E-state index in [2.05, 4.69) is 32.9 Å². The highest BCUT2D eigenvalue weighted by Gasteiger charge is 2.46. The van der Waals surface area contributed by atoms with E-state index in [0.29, 0.717) is 11.8 Å². The van der Waals surface area contributed by atoms with Gasteiger partial charge in [0.15, 0.2) is 0 Å². The molecule has 2 fully saturated rings. The normalized spacial score (nSPS) is 32.0. The first kappa shape index (κ1) is 15.4. The Labute approximate surface area is 124 Å². The maximum absolute atomic E-state index is 9.40. The van der Waals surface area contributed by atoms with Gasteiger partial charge in [0.2, 0.25) is 0 Å². The summed E-state index contributed by atoms with van der Waals surface area (Å²) in [5, 5.41) is 18.5. The van der Waals surface area contributed by atoms with Gasteiger partial charge in [-0.1, -0.05) is 20.8 Å². The summed E-state index contributed by atoms with van der Waals surface area (Å²) < 4.78 is 0. The van der Waals surface area contributed by atoms with Crippen molar-refractivity contribution in [3.05, 3.63) is 0 Å². The maximum Gasteiger partial charge on any atom is 0.0690 e. The summed E-state index contributed by atoms with van der Waals surface area (Å²) in [5.74, 6) is 2.08. The van der Waals surface area contributed by atoms with Crippen LogP contribution >= 0.6 is 0 Å². The van der Waals surface area contributed by atoms with Gasteiger partial charge in [-0.15, -0.1) is 0 Å². The standard InChI is InChI=1S/C18H28N2/c1-14(2)9-18(13-20)10-16(11-18)8-15(3)4-5-17(12-19)6-7-17/h14-16H,4-11H2,1-3H3. The van der Waals surface area contributed by atoms with Crippen LogP contribution < -0.4 is 0 Å². The number of nitrogens with zero attached hydrogens (tertiary/aromatic N) is 2. The van der Waals surface area contributed by atoms with E-state index in [4.69, 9.17) is 5.26 Å². The summed E-state index contributed by atoms with van der Waals surface area (Å²) in [7, 11) is 0. The van der Waals surface area contributed by atoms with Crippen LogP contribution in [0.25, 0.3) is 0 Å². The van der Waals surface area contributed by atoms with E-state index >= 15 is 0 Å². The minimum absolute atomic E-state index is 0.0110. The summed E-state index contributed by atoms with van der Waals surface area (Å²) in [4.78, 5) is 0. The van der Waals surface area contributed by atoms with Crippen LogP contribution in [0, 0.1) is 51.2 Å². The van der Waals surface area contributed by atoms with Crippen molar-refractivity contribution < 1.29 is 0 Å². The first-order valence-electron chi connectivity index (χ1n) is 8.25. The third kappa shape index (κ3) is 3.54. The number of hydrogen-bond acceptors (Lipinski definition) is 2. The van der Waals surface area contributed by atoms with Crippen LogP contribution in [-0.4, -0.2) is 0 Å². The molecule has 2 rings (SSSR count). The molecule has 0 N–H and O–H groups in total. The number of hydrogen-bond donors (Lipinski definition) is 0. The van der Waals surface area contributed by atoms with Crippen LogP contribution in [-0.2, 0) is 0 Å². The van der Waals surface area contributed by atoms with Gasteiger partial charge in [-0.3, -0.25) is 0 Å². The zero-order chi connectivity index (χ0) is 14.8.